The highest BCUT2D eigenvalue weighted by Crippen LogP contribution is 2.35. The lowest BCUT2D eigenvalue weighted by atomic mass is 9.90. The van der Waals surface area contributed by atoms with Crippen LogP contribution in [-0.4, -0.2) is 57.5 Å². The lowest BCUT2D eigenvalue weighted by molar-refractivity contribution is -0.127. The number of hydrogen-bond donors (Lipinski definition) is 3. The minimum Gasteiger partial charge on any atom is -0.346 e. The molecule has 3 N–H and O–H groups in total. The smallest absolute Gasteiger partial charge is 0.346 e. The SMILES string of the molecule is FC(F)(F)CNCCc1nc2cnc3[nH]ccc3c2n1C1CCC(NCC(F)(F)F)CC1. The van der Waals surface area contributed by atoms with Gasteiger partial charge in [-0.15, -0.1) is 0 Å². The number of rotatable bonds is 7. The Morgan fingerprint density at radius 2 is 1.75 bits per heavy atom. The topological polar surface area (TPSA) is 70.6 Å². The average Bonchev–Trinajstić information content (AvgIpc) is 3.32. The molecule has 1 aliphatic rings. The number of aromatic amines is 1. The minimum absolute atomic E-state index is 0.00190. The molecule has 0 saturated heterocycles. The maximum atomic E-state index is 12.5. The zero-order valence-corrected chi connectivity index (χ0v) is 17.2. The second-order valence-corrected chi connectivity index (χ2v) is 8.17. The summed E-state index contributed by atoms with van der Waals surface area (Å²) < 4.78 is 77.0. The number of halogens is 6. The highest BCUT2D eigenvalue weighted by molar-refractivity contribution is 6.01. The molecule has 1 fully saturated rings. The minimum atomic E-state index is -4.29. The van der Waals surface area contributed by atoms with Crippen molar-refractivity contribution in [1.82, 2.24) is 30.2 Å². The van der Waals surface area contributed by atoms with Gasteiger partial charge in [-0.1, -0.05) is 0 Å². The van der Waals surface area contributed by atoms with Gasteiger partial charge in [0.05, 0.1) is 24.8 Å². The second kappa shape index (κ2) is 8.89. The molecule has 4 rings (SSSR count). The van der Waals surface area contributed by atoms with E-state index in [1.165, 1.54) is 0 Å². The van der Waals surface area contributed by atoms with E-state index < -0.39 is 25.4 Å². The quantitative estimate of drug-likeness (QED) is 0.363. The van der Waals surface area contributed by atoms with Crippen LogP contribution >= 0.6 is 0 Å². The zero-order chi connectivity index (χ0) is 22.9. The molecule has 0 aromatic carbocycles. The van der Waals surface area contributed by atoms with Crippen molar-refractivity contribution in [2.75, 3.05) is 19.6 Å². The molecule has 32 heavy (non-hydrogen) atoms. The molecule has 12 heteroatoms. The molecule has 3 aromatic rings. The van der Waals surface area contributed by atoms with Gasteiger partial charge in [-0.3, -0.25) is 0 Å². The summed E-state index contributed by atoms with van der Waals surface area (Å²) in [5, 5.41) is 5.84. The van der Waals surface area contributed by atoms with Crippen molar-refractivity contribution < 1.29 is 26.3 Å². The zero-order valence-electron chi connectivity index (χ0n) is 17.2. The molecule has 3 heterocycles. The third-order valence-corrected chi connectivity index (χ3v) is 5.81. The number of H-pyrrole nitrogens is 1. The van der Waals surface area contributed by atoms with Crippen LogP contribution in [0.5, 0.6) is 0 Å². The standard InChI is InChI=1S/C20H24F6N6/c21-19(22,23)10-27-7-6-16-31-15-9-29-18-14(5-8-28-18)17(15)32(16)13-3-1-12(2-4-13)30-11-20(24,25)26/h5,8-9,12-13,27,30H,1-4,6-7,10-11H2,(H,28,29). The maximum absolute atomic E-state index is 12.5. The average molecular weight is 462 g/mol. The molecule has 6 nitrogen and oxygen atoms in total. The molecule has 0 aliphatic heterocycles. The van der Waals surface area contributed by atoms with Gasteiger partial charge in [-0.05, 0) is 31.7 Å². The highest BCUT2D eigenvalue weighted by Gasteiger charge is 2.31. The number of imidazole rings is 1. The van der Waals surface area contributed by atoms with Gasteiger partial charge in [0.15, 0.2) is 0 Å². The summed E-state index contributed by atoms with van der Waals surface area (Å²) in [6.45, 7) is -1.98. The lowest BCUT2D eigenvalue weighted by Crippen LogP contribution is -2.39. The summed E-state index contributed by atoms with van der Waals surface area (Å²) in [5.74, 6) is 0.650. The Balaban J connectivity index is 1.55. The van der Waals surface area contributed by atoms with Crippen molar-refractivity contribution in [1.29, 1.82) is 0 Å². The fraction of sp³-hybridized carbons (Fsp3) is 0.600. The van der Waals surface area contributed by atoms with Gasteiger partial charge in [-0.25, -0.2) is 9.97 Å². The molecule has 1 saturated carbocycles. The summed E-state index contributed by atoms with van der Waals surface area (Å²) in [6.07, 6.45) is -2.39. The van der Waals surface area contributed by atoms with E-state index in [0.717, 1.165) is 10.9 Å². The van der Waals surface area contributed by atoms with Crippen molar-refractivity contribution in [3.63, 3.8) is 0 Å². The van der Waals surface area contributed by atoms with E-state index in [-0.39, 0.29) is 18.6 Å². The number of nitrogens with zero attached hydrogens (tertiary/aromatic N) is 3. The fourth-order valence-corrected chi connectivity index (χ4v) is 4.44. The van der Waals surface area contributed by atoms with E-state index in [4.69, 9.17) is 0 Å². The van der Waals surface area contributed by atoms with Gasteiger partial charge in [-0.2, -0.15) is 26.3 Å². The maximum Gasteiger partial charge on any atom is 0.401 e. The number of pyridine rings is 1. The van der Waals surface area contributed by atoms with Gasteiger partial charge in [0.2, 0.25) is 0 Å². The summed E-state index contributed by atoms with van der Waals surface area (Å²) in [6, 6.07) is 1.67. The monoisotopic (exact) mass is 462 g/mol. The third-order valence-electron chi connectivity index (χ3n) is 5.81. The fourth-order valence-electron chi connectivity index (χ4n) is 4.44. The number of nitrogens with one attached hydrogen (secondary N) is 3. The Morgan fingerprint density at radius 3 is 2.44 bits per heavy atom. The van der Waals surface area contributed by atoms with Crippen molar-refractivity contribution in [3.05, 3.63) is 24.3 Å². The number of aromatic nitrogens is 4. The molecule has 176 valence electrons. The second-order valence-electron chi connectivity index (χ2n) is 8.17. The molecule has 1 aliphatic carbocycles. The normalized spacial score (nSPS) is 20.4. The van der Waals surface area contributed by atoms with Gasteiger partial charge in [0.1, 0.15) is 17.0 Å². The van der Waals surface area contributed by atoms with Crippen LogP contribution < -0.4 is 10.6 Å². The van der Waals surface area contributed by atoms with Crippen LogP contribution in [0.4, 0.5) is 26.3 Å². The van der Waals surface area contributed by atoms with Crippen molar-refractivity contribution >= 4 is 22.1 Å². The summed E-state index contributed by atoms with van der Waals surface area (Å²) in [5.41, 5.74) is 2.19. The van der Waals surface area contributed by atoms with E-state index in [1.807, 2.05) is 6.07 Å². The third kappa shape index (κ3) is 5.34. The van der Waals surface area contributed by atoms with Crippen LogP contribution in [0.3, 0.4) is 0 Å². The van der Waals surface area contributed by atoms with Crippen LogP contribution in [0.2, 0.25) is 0 Å². The number of fused-ring (bicyclic) bond motifs is 3. The Morgan fingerprint density at radius 1 is 1.03 bits per heavy atom. The highest BCUT2D eigenvalue weighted by atomic mass is 19.4. The van der Waals surface area contributed by atoms with Crippen molar-refractivity contribution in [2.45, 2.75) is 56.5 Å². The van der Waals surface area contributed by atoms with Crippen LogP contribution in [0.25, 0.3) is 22.1 Å². The molecule has 0 spiro atoms. The Labute approximate surface area is 179 Å². The first-order valence-electron chi connectivity index (χ1n) is 10.5. The van der Waals surface area contributed by atoms with Crippen LogP contribution in [0.15, 0.2) is 18.5 Å². The van der Waals surface area contributed by atoms with E-state index in [2.05, 4.69) is 30.2 Å². The first-order chi connectivity index (χ1) is 15.1. The van der Waals surface area contributed by atoms with Gasteiger partial charge in [0.25, 0.3) is 0 Å². The number of hydrogen-bond acceptors (Lipinski definition) is 4. The van der Waals surface area contributed by atoms with E-state index in [0.29, 0.717) is 49.1 Å². The molecule has 0 amide bonds. The lowest BCUT2D eigenvalue weighted by Gasteiger charge is -2.31. The first-order valence-corrected chi connectivity index (χ1v) is 10.5. The number of alkyl halides is 6. The van der Waals surface area contributed by atoms with Crippen molar-refractivity contribution in [2.24, 2.45) is 0 Å². The van der Waals surface area contributed by atoms with E-state index in [1.54, 1.807) is 12.4 Å². The van der Waals surface area contributed by atoms with Gasteiger partial charge in [0, 0.05) is 36.6 Å². The molecule has 0 bridgehead atoms. The molecule has 3 aromatic heterocycles. The predicted molar refractivity (Wildman–Crippen MR) is 107 cm³/mol. The molecule has 0 atom stereocenters. The van der Waals surface area contributed by atoms with Crippen LogP contribution in [0.1, 0.15) is 37.5 Å². The molecule has 0 radical (unpaired) electrons. The summed E-state index contributed by atoms with van der Waals surface area (Å²) >= 11 is 0. The first kappa shape index (κ1) is 22.8. The summed E-state index contributed by atoms with van der Waals surface area (Å²) in [7, 11) is 0. The molecular weight excluding hydrogens is 438 g/mol. The van der Waals surface area contributed by atoms with Crippen LogP contribution in [0, 0.1) is 0 Å². The summed E-state index contributed by atoms with van der Waals surface area (Å²) in [4.78, 5) is 12.0. The van der Waals surface area contributed by atoms with E-state index >= 15 is 0 Å². The predicted octanol–water partition coefficient (Wildman–Crippen LogP) is 4.24. The largest absolute Gasteiger partial charge is 0.401 e. The van der Waals surface area contributed by atoms with Crippen LogP contribution in [-0.2, 0) is 6.42 Å². The van der Waals surface area contributed by atoms with Crippen molar-refractivity contribution in [3.8, 4) is 0 Å². The van der Waals surface area contributed by atoms with E-state index in [9.17, 15) is 26.3 Å². The Kier molecular flexibility index (Phi) is 6.35. The van der Waals surface area contributed by atoms with Gasteiger partial charge >= 0.3 is 12.4 Å². The molecular formula is C20H24F6N6. The Bertz CT molecular complexity index is 1040. The molecule has 0 unspecified atom stereocenters. The van der Waals surface area contributed by atoms with Gasteiger partial charge < -0.3 is 20.2 Å². The Hall–Kier alpha value is -2.34.